The number of carbonyl (C=O) groups is 1. The summed E-state index contributed by atoms with van der Waals surface area (Å²) in [6.07, 6.45) is 0.996. The highest BCUT2D eigenvalue weighted by atomic mass is 79.9. The Kier molecular flexibility index (Phi) is 5.00. The molecule has 104 valence electrons. The molecule has 0 N–H and O–H groups in total. The molecule has 4 heteroatoms. The zero-order valence-corrected chi connectivity index (χ0v) is 14.5. The van der Waals surface area contributed by atoms with E-state index in [0.29, 0.717) is 5.56 Å². The number of carbonyl (C=O) groups excluding carboxylic acids is 1. The Labute approximate surface area is 136 Å². The maximum atomic E-state index is 12.5. The fraction of sp³-hybridized carbons (Fsp3) is 0.188. The Morgan fingerprint density at radius 3 is 2.30 bits per heavy atom. The van der Waals surface area contributed by atoms with Crippen LogP contribution in [0.15, 0.2) is 51.4 Å². The molecule has 0 aliphatic heterocycles. The predicted molar refractivity (Wildman–Crippen MR) is 90.4 cm³/mol. The third kappa shape index (κ3) is 3.30. The second kappa shape index (κ2) is 6.55. The zero-order valence-electron chi connectivity index (χ0n) is 11.4. The third-order valence-corrected chi connectivity index (χ3v) is 4.35. The van der Waals surface area contributed by atoms with Gasteiger partial charge in [0.05, 0.1) is 5.56 Å². The van der Waals surface area contributed by atoms with Crippen LogP contribution in [0.2, 0.25) is 0 Å². The summed E-state index contributed by atoms with van der Waals surface area (Å²) in [6, 6.07) is 13.6. The number of benzene rings is 2. The van der Waals surface area contributed by atoms with Crippen LogP contribution in [-0.4, -0.2) is 13.0 Å². The molecule has 0 saturated heterocycles. The summed E-state index contributed by atoms with van der Waals surface area (Å²) < 4.78 is 1.73. The van der Waals surface area contributed by atoms with E-state index >= 15 is 0 Å². The van der Waals surface area contributed by atoms with Gasteiger partial charge in [0.2, 0.25) is 0 Å². The molecule has 0 spiro atoms. The van der Waals surface area contributed by atoms with Gasteiger partial charge in [-0.1, -0.05) is 35.0 Å². The van der Waals surface area contributed by atoms with Crippen molar-refractivity contribution in [3.05, 3.63) is 62.5 Å². The summed E-state index contributed by atoms with van der Waals surface area (Å²) in [4.78, 5) is 14.2. The third-order valence-electron chi connectivity index (χ3n) is 3.20. The number of aryl methyl sites for hydroxylation is 1. The molecule has 2 nitrogen and oxygen atoms in total. The number of anilines is 1. The molecular weight excluding hydrogens is 382 g/mol. The van der Waals surface area contributed by atoms with Gasteiger partial charge in [0, 0.05) is 21.7 Å². The maximum absolute atomic E-state index is 12.5. The monoisotopic (exact) mass is 395 g/mol. The van der Waals surface area contributed by atoms with Gasteiger partial charge >= 0.3 is 0 Å². The van der Waals surface area contributed by atoms with E-state index in [4.69, 9.17) is 0 Å². The Balaban J connectivity index is 2.27. The van der Waals surface area contributed by atoms with Crippen LogP contribution in [0.5, 0.6) is 0 Å². The van der Waals surface area contributed by atoms with Crippen molar-refractivity contribution < 1.29 is 4.79 Å². The van der Waals surface area contributed by atoms with Gasteiger partial charge in [-0.2, -0.15) is 0 Å². The first kappa shape index (κ1) is 15.3. The van der Waals surface area contributed by atoms with E-state index in [1.807, 2.05) is 30.3 Å². The number of hydrogen-bond acceptors (Lipinski definition) is 1. The molecule has 0 unspecified atom stereocenters. The second-order valence-electron chi connectivity index (χ2n) is 4.51. The summed E-state index contributed by atoms with van der Waals surface area (Å²) in [6.45, 7) is 2.11. The molecule has 0 atom stereocenters. The number of halogens is 2. The van der Waals surface area contributed by atoms with Gasteiger partial charge in [-0.05, 0) is 58.2 Å². The van der Waals surface area contributed by atoms with E-state index in [-0.39, 0.29) is 5.91 Å². The fourth-order valence-electron chi connectivity index (χ4n) is 1.92. The lowest BCUT2D eigenvalue weighted by Crippen LogP contribution is -2.26. The summed E-state index contributed by atoms with van der Waals surface area (Å²) in [5.74, 6) is -0.0337. The highest BCUT2D eigenvalue weighted by molar-refractivity contribution is 9.11. The van der Waals surface area contributed by atoms with Crippen molar-refractivity contribution in [1.82, 2.24) is 0 Å². The van der Waals surface area contributed by atoms with Crippen LogP contribution in [-0.2, 0) is 6.42 Å². The van der Waals surface area contributed by atoms with Crippen LogP contribution in [0.3, 0.4) is 0 Å². The largest absolute Gasteiger partial charge is 0.311 e. The topological polar surface area (TPSA) is 20.3 Å². The molecule has 0 fully saturated rings. The van der Waals surface area contributed by atoms with E-state index < -0.39 is 0 Å². The van der Waals surface area contributed by atoms with Gasteiger partial charge in [0.1, 0.15) is 0 Å². The van der Waals surface area contributed by atoms with Gasteiger partial charge in [0.15, 0.2) is 0 Å². The van der Waals surface area contributed by atoms with Gasteiger partial charge in [-0.25, -0.2) is 0 Å². The number of amides is 1. The summed E-state index contributed by atoms with van der Waals surface area (Å²) >= 11 is 6.82. The van der Waals surface area contributed by atoms with Crippen molar-refractivity contribution in [2.45, 2.75) is 13.3 Å². The van der Waals surface area contributed by atoms with E-state index in [9.17, 15) is 4.79 Å². The molecule has 2 aromatic rings. The molecule has 0 bridgehead atoms. The number of nitrogens with zero attached hydrogens (tertiary/aromatic N) is 1. The highest BCUT2D eigenvalue weighted by Crippen LogP contribution is 2.25. The van der Waals surface area contributed by atoms with Crippen LogP contribution < -0.4 is 4.90 Å². The zero-order chi connectivity index (χ0) is 14.7. The number of rotatable bonds is 3. The predicted octanol–water partition coefficient (Wildman–Crippen LogP) is 5.05. The first-order valence-electron chi connectivity index (χ1n) is 6.35. The molecule has 0 saturated carbocycles. The van der Waals surface area contributed by atoms with E-state index in [1.54, 1.807) is 11.9 Å². The lowest BCUT2D eigenvalue weighted by molar-refractivity contribution is 0.0992. The van der Waals surface area contributed by atoms with Gasteiger partial charge in [-0.3, -0.25) is 4.79 Å². The minimum absolute atomic E-state index is 0.0337. The normalized spacial score (nSPS) is 10.4. The highest BCUT2D eigenvalue weighted by Gasteiger charge is 2.16. The Bertz CT molecular complexity index is 623. The van der Waals surface area contributed by atoms with Crippen LogP contribution >= 0.6 is 31.9 Å². The Morgan fingerprint density at radius 1 is 1.10 bits per heavy atom. The SMILES string of the molecule is CCc1ccc(N(C)C(=O)c2ccc(Br)cc2Br)cc1. The maximum Gasteiger partial charge on any atom is 0.259 e. The van der Waals surface area contributed by atoms with Crippen LogP contribution in [0.25, 0.3) is 0 Å². The molecule has 0 radical (unpaired) electrons. The molecule has 0 heterocycles. The average molecular weight is 397 g/mol. The molecule has 1 amide bonds. The molecule has 0 aliphatic carbocycles. The quantitative estimate of drug-likeness (QED) is 0.710. The lowest BCUT2D eigenvalue weighted by Gasteiger charge is -2.18. The van der Waals surface area contributed by atoms with E-state index in [1.165, 1.54) is 5.56 Å². The van der Waals surface area contributed by atoms with Crippen LogP contribution in [0, 0.1) is 0 Å². The molecule has 0 aliphatic rings. The first-order chi connectivity index (χ1) is 9.52. The molecule has 20 heavy (non-hydrogen) atoms. The first-order valence-corrected chi connectivity index (χ1v) is 7.93. The smallest absolute Gasteiger partial charge is 0.259 e. The lowest BCUT2D eigenvalue weighted by atomic mass is 10.1. The van der Waals surface area contributed by atoms with Crippen LogP contribution in [0.1, 0.15) is 22.8 Å². The average Bonchev–Trinajstić information content (AvgIpc) is 2.46. The second-order valence-corrected chi connectivity index (χ2v) is 6.28. The molecule has 2 aromatic carbocycles. The van der Waals surface area contributed by atoms with Crippen LogP contribution in [0.4, 0.5) is 5.69 Å². The Hall–Kier alpha value is -1.13. The Morgan fingerprint density at radius 2 is 1.75 bits per heavy atom. The minimum atomic E-state index is -0.0337. The standard InChI is InChI=1S/C16H15Br2NO/c1-3-11-4-7-13(8-5-11)19(2)16(20)14-9-6-12(17)10-15(14)18/h4-10H,3H2,1-2H3. The molecule has 2 rings (SSSR count). The van der Waals surface area contributed by atoms with Gasteiger partial charge in [-0.15, -0.1) is 0 Å². The van der Waals surface area contributed by atoms with Crippen molar-refractivity contribution in [3.63, 3.8) is 0 Å². The molecular formula is C16H15Br2NO. The summed E-state index contributed by atoms with van der Waals surface area (Å²) in [7, 11) is 1.79. The van der Waals surface area contributed by atoms with Crippen molar-refractivity contribution in [1.29, 1.82) is 0 Å². The minimum Gasteiger partial charge on any atom is -0.311 e. The van der Waals surface area contributed by atoms with E-state index in [2.05, 4.69) is 50.9 Å². The fourth-order valence-corrected chi connectivity index (χ4v) is 3.13. The summed E-state index contributed by atoms with van der Waals surface area (Å²) in [5.41, 5.74) is 2.80. The summed E-state index contributed by atoms with van der Waals surface area (Å²) in [5, 5.41) is 0. The van der Waals surface area contributed by atoms with Gasteiger partial charge in [0.25, 0.3) is 5.91 Å². The van der Waals surface area contributed by atoms with Crippen molar-refractivity contribution >= 4 is 43.5 Å². The van der Waals surface area contributed by atoms with Crippen molar-refractivity contribution in [2.24, 2.45) is 0 Å². The van der Waals surface area contributed by atoms with Gasteiger partial charge < -0.3 is 4.90 Å². The van der Waals surface area contributed by atoms with E-state index in [0.717, 1.165) is 21.1 Å². The number of hydrogen-bond donors (Lipinski definition) is 0. The van der Waals surface area contributed by atoms with Crippen molar-refractivity contribution in [2.75, 3.05) is 11.9 Å². The molecule has 0 aromatic heterocycles. The van der Waals surface area contributed by atoms with Crippen molar-refractivity contribution in [3.8, 4) is 0 Å².